The van der Waals surface area contributed by atoms with Crippen molar-refractivity contribution >= 4 is 5.97 Å². The summed E-state index contributed by atoms with van der Waals surface area (Å²) < 4.78 is 5.36. The van der Waals surface area contributed by atoms with Crippen LogP contribution in [0.5, 0.6) is 0 Å². The lowest BCUT2D eigenvalue weighted by Gasteiger charge is -2.26. The molecule has 0 unspecified atom stereocenters. The Morgan fingerprint density at radius 3 is 2.44 bits per heavy atom. The van der Waals surface area contributed by atoms with E-state index in [0.717, 1.165) is 0 Å². The molecule has 4 nitrogen and oxygen atoms in total. The number of hydrogen-bond donors (Lipinski definition) is 2. The van der Waals surface area contributed by atoms with Gasteiger partial charge in [0.15, 0.2) is 0 Å². The van der Waals surface area contributed by atoms with E-state index in [1.54, 1.807) is 31.2 Å². The fourth-order valence-corrected chi connectivity index (χ4v) is 1.76. The first-order chi connectivity index (χ1) is 8.60. The zero-order chi connectivity index (χ0) is 13.5. The molecular formula is C14H20O4. The zero-order valence-electron chi connectivity index (χ0n) is 10.7. The Labute approximate surface area is 107 Å². The first-order valence-corrected chi connectivity index (χ1v) is 6.15. The molecule has 0 amide bonds. The van der Waals surface area contributed by atoms with E-state index >= 15 is 0 Å². The molecule has 100 valence electrons. The topological polar surface area (TPSA) is 66.8 Å². The molecule has 4 heteroatoms. The summed E-state index contributed by atoms with van der Waals surface area (Å²) in [5.41, 5.74) is 0.488. The number of benzene rings is 1. The molecule has 0 saturated heterocycles. The van der Waals surface area contributed by atoms with Gasteiger partial charge >= 0.3 is 5.97 Å². The van der Waals surface area contributed by atoms with Crippen molar-refractivity contribution in [1.29, 1.82) is 0 Å². The van der Waals surface area contributed by atoms with Gasteiger partial charge in [-0.05, 0) is 18.6 Å². The minimum Gasteiger partial charge on any atom is -0.458 e. The first kappa shape index (κ1) is 14.7. The highest BCUT2D eigenvalue weighted by Gasteiger charge is 2.26. The molecule has 2 N–H and O–H groups in total. The average Bonchev–Trinajstić information content (AvgIpc) is 2.43. The summed E-state index contributed by atoms with van der Waals surface area (Å²) in [4.78, 5) is 11.9. The summed E-state index contributed by atoms with van der Waals surface area (Å²) in [5, 5.41) is 18.5. The fourth-order valence-electron chi connectivity index (χ4n) is 1.76. The summed E-state index contributed by atoms with van der Waals surface area (Å²) in [6.07, 6.45) is -0.685. The second-order valence-corrected chi connectivity index (χ2v) is 4.33. The quantitative estimate of drug-likeness (QED) is 0.755. The molecule has 0 aliphatic heterocycles. The summed E-state index contributed by atoms with van der Waals surface area (Å²) in [6, 6.07) is 8.73. The minimum atomic E-state index is -0.876. The van der Waals surface area contributed by atoms with Crippen molar-refractivity contribution < 1.29 is 19.7 Å². The average molecular weight is 252 g/mol. The van der Waals surface area contributed by atoms with Gasteiger partial charge in [0.05, 0.1) is 18.3 Å². The van der Waals surface area contributed by atoms with Gasteiger partial charge in [-0.25, -0.2) is 4.79 Å². The van der Waals surface area contributed by atoms with Crippen molar-refractivity contribution in [3.8, 4) is 0 Å². The van der Waals surface area contributed by atoms with Gasteiger partial charge in [-0.2, -0.15) is 0 Å². The molecular weight excluding hydrogens is 232 g/mol. The number of rotatable bonds is 6. The zero-order valence-corrected chi connectivity index (χ0v) is 10.7. The number of aliphatic hydroxyl groups excluding tert-OH is 2. The highest BCUT2D eigenvalue weighted by atomic mass is 16.5. The van der Waals surface area contributed by atoms with E-state index in [0.29, 0.717) is 12.0 Å². The second-order valence-electron chi connectivity index (χ2n) is 4.33. The third-order valence-electron chi connectivity index (χ3n) is 3.05. The lowest BCUT2D eigenvalue weighted by molar-refractivity contribution is -0.0296. The SMILES string of the molecule is CC[C@@H](OC(=O)c1ccccc1)[C@H](C)[C@H](O)CO. The van der Waals surface area contributed by atoms with Crippen molar-refractivity contribution in [3.63, 3.8) is 0 Å². The third-order valence-corrected chi connectivity index (χ3v) is 3.05. The van der Waals surface area contributed by atoms with Gasteiger partial charge < -0.3 is 14.9 Å². The monoisotopic (exact) mass is 252 g/mol. The second kappa shape index (κ2) is 7.13. The molecule has 0 spiro atoms. The molecule has 1 aromatic carbocycles. The van der Waals surface area contributed by atoms with Gasteiger partial charge in [-0.3, -0.25) is 0 Å². The van der Waals surface area contributed by atoms with Crippen LogP contribution in [0, 0.1) is 5.92 Å². The number of carbonyl (C=O) groups excluding carboxylic acids is 1. The highest BCUT2D eigenvalue weighted by Crippen LogP contribution is 2.17. The van der Waals surface area contributed by atoms with Crippen LogP contribution in [0.25, 0.3) is 0 Å². The molecule has 0 aliphatic rings. The van der Waals surface area contributed by atoms with Gasteiger partial charge in [0, 0.05) is 5.92 Å². The predicted octanol–water partition coefficient (Wildman–Crippen LogP) is 1.61. The van der Waals surface area contributed by atoms with Gasteiger partial charge in [-0.15, -0.1) is 0 Å². The van der Waals surface area contributed by atoms with E-state index < -0.39 is 18.2 Å². The van der Waals surface area contributed by atoms with E-state index in [1.807, 2.05) is 13.0 Å². The van der Waals surface area contributed by atoms with Crippen molar-refractivity contribution in [2.75, 3.05) is 6.61 Å². The van der Waals surface area contributed by atoms with E-state index in [2.05, 4.69) is 0 Å². The van der Waals surface area contributed by atoms with E-state index in [4.69, 9.17) is 9.84 Å². The number of carbonyl (C=O) groups is 1. The number of esters is 1. The number of ether oxygens (including phenoxy) is 1. The van der Waals surface area contributed by atoms with Crippen LogP contribution in [0.4, 0.5) is 0 Å². The van der Waals surface area contributed by atoms with Crippen LogP contribution in [0.15, 0.2) is 30.3 Å². The first-order valence-electron chi connectivity index (χ1n) is 6.15. The lowest BCUT2D eigenvalue weighted by Crippen LogP contribution is -2.34. The summed E-state index contributed by atoms with van der Waals surface area (Å²) in [5.74, 6) is -0.702. The molecule has 1 aromatic rings. The maximum atomic E-state index is 11.9. The molecule has 0 aromatic heterocycles. The van der Waals surface area contributed by atoms with Crippen molar-refractivity contribution in [1.82, 2.24) is 0 Å². The van der Waals surface area contributed by atoms with Crippen LogP contribution in [0.1, 0.15) is 30.6 Å². The number of aliphatic hydroxyl groups is 2. The van der Waals surface area contributed by atoms with Crippen molar-refractivity contribution in [2.45, 2.75) is 32.5 Å². The minimum absolute atomic E-state index is 0.298. The molecule has 0 radical (unpaired) electrons. The van der Waals surface area contributed by atoms with Gasteiger partial charge in [0.1, 0.15) is 6.10 Å². The molecule has 3 atom stereocenters. The Morgan fingerprint density at radius 1 is 1.33 bits per heavy atom. The Hall–Kier alpha value is -1.39. The standard InChI is InChI=1S/C14H20O4/c1-3-13(10(2)12(16)9-15)18-14(17)11-7-5-4-6-8-11/h4-8,10,12-13,15-16H,3,9H2,1-2H3/t10-,12-,13-/m1/s1. The summed E-state index contributed by atoms with van der Waals surface area (Å²) in [6.45, 7) is 3.30. The highest BCUT2D eigenvalue weighted by molar-refractivity contribution is 5.89. The van der Waals surface area contributed by atoms with Crippen molar-refractivity contribution in [2.24, 2.45) is 5.92 Å². The summed E-state index contributed by atoms with van der Waals surface area (Å²) in [7, 11) is 0. The Morgan fingerprint density at radius 2 is 1.94 bits per heavy atom. The lowest BCUT2D eigenvalue weighted by atomic mass is 9.96. The number of hydrogen-bond acceptors (Lipinski definition) is 4. The molecule has 0 bridgehead atoms. The summed E-state index contributed by atoms with van der Waals surface area (Å²) >= 11 is 0. The van der Waals surface area contributed by atoms with E-state index in [9.17, 15) is 9.90 Å². The fraction of sp³-hybridized carbons (Fsp3) is 0.500. The van der Waals surface area contributed by atoms with Crippen LogP contribution < -0.4 is 0 Å². The van der Waals surface area contributed by atoms with Crippen LogP contribution >= 0.6 is 0 Å². The normalized spacial score (nSPS) is 15.8. The van der Waals surface area contributed by atoms with Crippen LogP contribution in [-0.2, 0) is 4.74 Å². The van der Waals surface area contributed by atoms with Gasteiger partial charge in [0.2, 0.25) is 0 Å². The Balaban J connectivity index is 2.66. The van der Waals surface area contributed by atoms with Crippen LogP contribution in [0.2, 0.25) is 0 Å². The van der Waals surface area contributed by atoms with E-state index in [-0.39, 0.29) is 12.5 Å². The molecule has 0 heterocycles. The van der Waals surface area contributed by atoms with Gasteiger partial charge in [-0.1, -0.05) is 32.0 Å². The molecule has 0 fully saturated rings. The Kier molecular flexibility index (Phi) is 5.82. The molecule has 18 heavy (non-hydrogen) atoms. The maximum absolute atomic E-state index is 11.9. The molecule has 1 rings (SSSR count). The third kappa shape index (κ3) is 3.82. The maximum Gasteiger partial charge on any atom is 0.338 e. The predicted molar refractivity (Wildman–Crippen MR) is 68.2 cm³/mol. The Bertz CT molecular complexity index is 363. The smallest absolute Gasteiger partial charge is 0.338 e. The molecule has 0 aliphatic carbocycles. The largest absolute Gasteiger partial charge is 0.458 e. The molecule has 0 saturated carbocycles. The van der Waals surface area contributed by atoms with Crippen LogP contribution in [0.3, 0.4) is 0 Å². The van der Waals surface area contributed by atoms with Gasteiger partial charge in [0.25, 0.3) is 0 Å². The van der Waals surface area contributed by atoms with Crippen LogP contribution in [-0.4, -0.2) is 35.0 Å². The van der Waals surface area contributed by atoms with E-state index in [1.165, 1.54) is 0 Å². The van der Waals surface area contributed by atoms with Crippen molar-refractivity contribution in [3.05, 3.63) is 35.9 Å².